The Hall–Kier alpha value is -3.39. The highest BCUT2D eigenvalue weighted by atomic mass is 35.5. The lowest BCUT2D eigenvalue weighted by molar-refractivity contribution is -0.139. The average Bonchev–Trinajstić information content (AvgIpc) is 2.65. The van der Waals surface area contributed by atoms with Gasteiger partial charge in [-0.2, -0.15) is 5.10 Å². The Morgan fingerprint density at radius 3 is 2.56 bits per heavy atom. The molecule has 0 unspecified atom stereocenters. The molecule has 0 aliphatic carbocycles. The number of carbonyl (C=O) groups excluding carboxylic acids is 2. The van der Waals surface area contributed by atoms with E-state index in [1.165, 1.54) is 12.3 Å². The number of aliphatic carboxylic acids is 1. The van der Waals surface area contributed by atoms with Crippen molar-refractivity contribution in [2.75, 3.05) is 13.2 Å². The van der Waals surface area contributed by atoms with Crippen LogP contribution in [0.2, 0.25) is 5.02 Å². The normalized spacial score (nSPS) is 10.4. The van der Waals surface area contributed by atoms with Crippen LogP contribution in [0.3, 0.4) is 0 Å². The highest BCUT2D eigenvalue weighted by molar-refractivity contribution is 6.30. The molecule has 0 bridgehead atoms. The van der Waals surface area contributed by atoms with Crippen molar-refractivity contribution >= 4 is 35.6 Å². The average molecular weight is 390 g/mol. The lowest BCUT2D eigenvalue weighted by Gasteiger charge is -2.05. The second-order valence-corrected chi connectivity index (χ2v) is 5.67. The SMILES string of the molecule is O=C(O)COc1ccc(/C=N\NC(=O)CNC(=O)c2cccc(Cl)c2)cc1. The molecule has 0 spiro atoms. The fraction of sp³-hybridized carbons (Fsp3) is 0.111. The van der Waals surface area contributed by atoms with Gasteiger partial charge in [0.1, 0.15) is 5.75 Å². The van der Waals surface area contributed by atoms with Crippen LogP contribution in [0.5, 0.6) is 5.75 Å². The van der Waals surface area contributed by atoms with E-state index in [0.717, 1.165) is 0 Å². The molecule has 9 heteroatoms. The van der Waals surface area contributed by atoms with Crippen LogP contribution in [-0.4, -0.2) is 42.3 Å². The van der Waals surface area contributed by atoms with Crippen LogP contribution < -0.4 is 15.5 Å². The van der Waals surface area contributed by atoms with Gasteiger partial charge in [0.05, 0.1) is 12.8 Å². The van der Waals surface area contributed by atoms with E-state index in [0.29, 0.717) is 21.9 Å². The zero-order valence-corrected chi connectivity index (χ0v) is 14.8. The van der Waals surface area contributed by atoms with Gasteiger partial charge in [-0.05, 0) is 48.0 Å². The number of halogens is 1. The summed E-state index contributed by atoms with van der Waals surface area (Å²) >= 11 is 5.81. The number of ether oxygens (including phenoxy) is 1. The lowest BCUT2D eigenvalue weighted by atomic mass is 10.2. The van der Waals surface area contributed by atoms with Gasteiger partial charge in [0.15, 0.2) is 6.61 Å². The Balaban J connectivity index is 1.76. The number of hydrogen-bond acceptors (Lipinski definition) is 5. The molecule has 0 aromatic heterocycles. The summed E-state index contributed by atoms with van der Waals surface area (Å²) in [4.78, 5) is 34.0. The molecule has 0 saturated heterocycles. The lowest BCUT2D eigenvalue weighted by Crippen LogP contribution is -2.34. The first-order chi connectivity index (χ1) is 12.9. The van der Waals surface area contributed by atoms with Crippen LogP contribution in [0.15, 0.2) is 53.6 Å². The van der Waals surface area contributed by atoms with Gasteiger partial charge >= 0.3 is 5.97 Å². The maximum Gasteiger partial charge on any atom is 0.341 e. The number of nitrogens with one attached hydrogen (secondary N) is 2. The predicted octanol–water partition coefficient (Wildman–Crippen LogP) is 1.68. The Labute approximate surface area is 159 Å². The Bertz CT molecular complexity index is 852. The Morgan fingerprint density at radius 2 is 1.89 bits per heavy atom. The monoisotopic (exact) mass is 389 g/mol. The zero-order valence-electron chi connectivity index (χ0n) is 14.0. The van der Waals surface area contributed by atoms with Crippen LogP contribution in [-0.2, 0) is 9.59 Å². The number of amides is 2. The highest BCUT2D eigenvalue weighted by Gasteiger charge is 2.07. The molecule has 2 aromatic carbocycles. The number of nitrogens with zero attached hydrogens (tertiary/aromatic N) is 1. The second-order valence-electron chi connectivity index (χ2n) is 5.24. The van der Waals surface area contributed by atoms with E-state index in [9.17, 15) is 14.4 Å². The van der Waals surface area contributed by atoms with Gasteiger partial charge in [0.2, 0.25) is 0 Å². The first-order valence-electron chi connectivity index (χ1n) is 7.74. The third-order valence-corrected chi connectivity index (χ3v) is 3.38. The molecule has 2 aromatic rings. The molecule has 8 nitrogen and oxygen atoms in total. The second kappa shape index (κ2) is 9.93. The quantitative estimate of drug-likeness (QED) is 0.469. The molecule has 27 heavy (non-hydrogen) atoms. The third kappa shape index (κ3) is 7.17. The van der Waals surface area contributed by atoms with Gasteiger partial charge in [0.25, 0.3) is 11.8 Å². The van der Waals surface area contributed by atoms with E-state index in [4.69, 9.17) is 21.4 Å². The first-order valence-corrected chi connectivity index (χ1v) is 8.12. The van der Waals surface area contributed by atoms with Crippen LogP contribution >= 0.6 is 11.6 Å². The van der Waals surface area contributed by atoms with E-state index in [-0.39, 0.29) is 6.54 Å². The van der Waals surface area contributed by atoms with Crippen molar-refractivity contribution in [2.24, 2.45) is 5.10 Å². The standard InChI is InChI=1S/C18H16ClN3O5/c19-14-3-1-2-13(8-14)18(26)20-10-16(23)22-21-9-12-4-6-15(7-5-12)27-11-17(24)25/h1-9H,10-11H2,(H,20,26)(H,22,23)(H,24,25)/b21-9-. The van der Waals surface area contributed by atoms with Crippen molar-refractivity contribution in [1.82, 2.24) is 10.7 Å². The van der Waals surface area contributed by atoms with Gasteiger partial charge < -0.3 is 15.2 Å². The van der Waals surface area contributed by atoms with Crippen LogP contribution in [0.1, 0.15) is 15.9 Å². The molecule has 140 valence electrons. The minimum absolute atomic E-state index is 0.245. The van der Waals surface area contributed by atoms with Crippen molar-refractivity contribution in [3.8, 4) is 5.75 Å². The molecule has 0 aliphatic rings. The molecule has 2 rings (SSSR count). The van der Waals surface area contributed by atoms with Crippen molar-refractivity contribution in [1.29, 1.82) is 0 Å². The number of carboxylic acids is 1. The maximum absolute atomic E-state index is 11.9. The molecule has 0 atom stereocenters. The van der Waals surface area contributed by atoms with Gasteiger partial charge in [-0.25, -0.2) is 10.2 Å². The van der Waals surface area contributed by atoms with Crippen molar-refractivity contribution in [3.63, 3.8) is 0 Å². The summed E-state index contributed by atoms with van der Waals surface area (Å²) in [6.07, 6.45) is 1.40. The van der Waals surface area contributed by atoms with Gasteiger partial charge in [-0.3, -0.25) is 9.59 Å². The summed E-state index contributed by atoms with van der Waals surface area (Å²) in [5.74, 6) is -1.58. The van der Waals surface area contributed by atoms with Crippen molar-refractivity contribution in [2.45, 2.75) is 0 Å². The third-order valence-electron chi connectivity index (χ3n) is 3.14. The first kappa shape index (κ1) is 19.9. The smallest absolute Gasteiger partial charge is 0.341 e. The summed E-state index contributed by atoms with van der Waals surface area (Å²) < 4.78 is 5.00. The zero-order chi connectivity index (χ0) is 19.6. The summed E-state index contributed by atoms with van der Waals surface area (Å²) in [7, 11) is 0. The molecule has 3 N–H and O–H groups in total. The highest BCUT2D eigenvalue weighted by Crippen LogP contribution is 2.11. The van der Waals surface area contributed by atoms with Crippen molar-refractivity contribution in [3.05, 3.63) is 64.7 Å². The Kier molecular flexibility index (Phi) is 7.33. The predicted molar refractivity (Wildman–Crippen MR) is 99.1 cm³/mol. The number of hydrogen-bond donors (Lipinski definition) is 3. The number of rotatable bonds is 8. The molecule has 0 aliphatic heterocycles. The minimum Gasteiger partial charge on any atom is -0.482 e. The molecule has 0 radical (unpaired) electrons. The van der Waals surface area contributed by atoms with Gasteiger partial charge in [-0.1, -0.05) is 17.7 Å². The van der Waals surface area contributed by atoms with E-state index < -0.39 is 24.4 Å². The van der Waals surface area contributed by atoms with Crippen LogP contribution in [0.4, 0.5) is 0 Å². The molecule has 0 fully saturated rings. The summed E-state index contributed by atoms with van der Waals surface area (Å²) in [5.41, 5.74) is 3.30. The van der Waals surface area contributed by atoms with E-state index in [1.54, 1.807) is 42.5 Å². The number of hydrazone groups is 1. The molecule has 0 saturated carbocycles. The minimum atomic E-state index is -1.06. The molecule has 0 heterocycles. The fourth-order valence-corrected chi connectivity index (χ4v) is 2.10. The van der Waals surface area contributed by atoms with E-state index >= 15 is 0 Å². The number of carbonyl (C=O) groups is 3. The van der Waals surface area contributed by atoms with E-state index in [1.807, 2.05) is 0 Å². The Morgan fingerprint density at radius 1 is 1.15 bits per heavy atom. The summed E-state index contributed by atoms with van der Waals surface area (Å²) in [6, 6.07) is 12.8. The topological polar surface area (TPSA) is 117 Å². The van der Waals surface area contributed by atoms with E-state index in [2.05, 4.69) is 15.8 Å². The summed E-state index contributed by atoms with van der Waals surface area (Å²) in [5, 5.41) is 15.2. The van der Waals surface area contributed by atoms with Gasteiger partial charge in [-0.15, -0.1) is 0 Å². The summed E-state index contributed by atoms with van der Waals surface area (Å²) in [6.45, 7) is -0.672. The van der Waals surface area contributed by atoms with Crippen molar-refractivity contribution < 1.29 is 24.2 Å². The molecular formula is C18H16ClN3O5. The fourth-order valence-electron chi connectivity index (χ4n) is 1.91. The maximum atomic E-state index is 11.9. The van der Waals surface area contributed by atoms with Crippen LogP contribution in [0.25, 0.3) is 0 Å². The van der Waals surface area contributed by atoms with Crippen LogP contribution in [0, 0.1) is 0 Å². The molecule has 2 amide bonds. The number of benzene rings is 2. The molecular weight excluding hydrogens is 374 g/mol. The number of carboxylic acid groups (broad SMARTS) is 1. The van der Waals surface area contributed by atoms with Gasteiger partial charge in [0, 0.05) is 10.6 Å². The largest absolute Gasteiger partial charge is 0.482 e.